The Hall–Kier alpha value is -2.54. The lowest BCUT2D eigenvalue weighted by atomic mass is 9.96. The topological polar surface area (TPSA) is 74.2 Å². The Morgan fingerprint density at radius 2 is 2.17 bits per heavy atom. The van der Waals surface area contributed by atoms with Gasteiger partial charge in [0.1, 0.15) is 11.6 Å². The minimum Gasteiger partial charge on any atom is -0.369 e. The number of pyridine rings is 1. The Labute approximate surface area is 172 Å². The summed E-state index contributed by atoms with van der Waals surface area (Å²) in [6, 6.07) is 5.98. The van der Waals surface area contributed by atoms with E-state index < -0.39 is 0 Å². The molecule has 1 N–H and O–H groups in total. The Kier molecular flexibility index (Phi) is 6.04. The van der Waals surface area contributed by atoms with E-state index in [4.69, 9.17) is 9.97 Å². The fourth-order valence-corrected chi connectivity index (χ4v) is 4.26. The molecular weight excluding hydrogens is 364 g/mol. The van der Waals surface area contributed by atoms with Crippen LogP contribution in [-0.4, -0.2) is 63.9 Å². The van der Waals surface area contributed by atoms with Gasteiger partial charge in [-0.05, 0) is 38.6 Å². The lowest BCUT2D eigenvalue weighted by Gasteiger charge is -2.32. The van der Waals surface area contributed by atoms with Crippen LogP contribution in [0.4, 0.5) is 5.82 Å². The number of piperidine rings is 1. The maximum Gasteiger partial charge on any atom is 0.219 e. The summed E-state index contributed by atoms with van der Waals surface area (Å²) in [4.78, 5) is 30.5. The van der Waals surface area contributed by atoms with Crippen LogP contribution in [0.1, 0.15) is 48.5 Å². The molecule has 2 aliphatic rings. The molecule has 7 heteroatoms. The molecule has 1 unspecified atom stereocenters. The van der Waals surface area contributed by atoms with Gasteiger partial charge in [0.25, 0.3) is 0 Å². The molecule has 154 valence electrons. The maximum absolute atomic E-state index is 11.9. The minimum atomic E-state index is 0.105. The van der Waals surface area contributed by atoms with Crippen LogP contribution in [0.15, 0.2) is 24.4 Å². The second kappa shape index (κ2) is 8.86. The number of carbonyl (C=O) groups excluding carboxylic acids is 1. The van der Waals surface area contributed by atoms with E-state index in [2.05, 4.69) is 22.2 Å². The molecule has 1 saturated heterocycles. The molecule has 0 saturated carbocycles. The molecule has 2 aromatic heterocycles. The summed E-state index contributed by atoms with van der Waals surface area (Å²) < 4.78 is 0. The van der Waals surface area contributed by atoms with E-state index in [0.29, 0.717) is 12.5 Å². The first kappa shape index (κ1) is 19.8. The first-order valence-corrected chi connectivity index (χ1v) is 10.6. The summed E-state index contributed by atoms with van der Waals surface area (Å²) in [5, 5.41) is 3.53. The van der Waals surface area contributed by atoms with Gasteiger partial charge in [-0.25, -0.2) is 9.97 Å². The van der Waals surface area contributed by atoms with Gasteiger partial charge in [0.2, 0.25) is 5.91 Å². The summed E-state index contributed by atoms with van der Waals surface area (Å²) in [7, 11) is 2.17. The van der Waals surface area contributed by atoms with Crippen molar-refractivity contribution in [3.63, 3.8) is 0 Å². The van der Waals surface area contributed by atoms with Crippen LogP contribution in [-0.2, 0) is 24.2 Å². The highest BCUT2D eigenvalue weighted by molar-refractivity contribution is 5.74. The van der Waals surface area contributed by atoms with E-state index in [1.54, 1.807) is 6.92 Å². The number of amides is 1. The fourth-order valence-electron chi connectivity index (χ4n) is 4.26. The van der Waals surface area contributed by atoms with Crippen LogP contribution >= 0.6 is 0 Å². The summed E-state index contributed by atoms with van der Waals surface area (Å²) >= 11 is 0. The van der Waals surface area contributed by atoms with Gasteiger partial charge >= 0.3 is 0 Å². The molecule has 29 heavy (non-hydrogen) atoms. The molecule has 2 aliphatic heterocycles. The first-order valence-electron chi connectivity index (χ1n) is 10.6. The second-order valence-corrected chi connectivity index (χ2v) is 8.15. The number of rotatable bonds is 5. The molecular formula is C22H30N6O. The monoisotopic (exact) mass is 394 g/mol. The third kappa shape index (κ3) is 4.72. The Bertz CT molecular complexity index is 856. The largest absolute Gasteiger partial charge is 0.369 e. The van der Waals surface area contributed by atoms with E-state index in [9.17, 15) is 4.79 Å². The molecule has 4 heterocycles. The van der Waals surface area contributed by atoms with Crippen molar-refractivity contribution in [2.45, 2.75) is 45.1 Å². The first-order chi connectivity index (χ1) is 14.1. The smallest absolute Gasteiger partial charge is 0.219 e. The van der Waals surface area contributed by atoms with Crippen molar-refractivity contribution in [2.24, 2.45) is 0 Å². The van der Waals surface area contributed by atoms with Gasteiger partial charge in [0.15, 0.2) is 0 Å². The number of likely N-dealkylation sites (N-methyl/N-ethyl adjacent to an activating group) is 1. The average Bonchev–Trinajstić information content (AvgIpc) is 2.74. The van der Waals surface area contributed by atoms with Crippen molar-refractivity contribution in [2.75, 3.05) is 38.5 Å². The summed E-state index contributed by atoms with van der Waals surface area (Å²) in [6.45, 7) is 5.85. The van der Waals surface area contributed by atoms with Gasteiger partial charge < -0.3 is 15.1 Å². The van der Waals surface area contributed by atoms with Gasteiger partial charge in [-0.15, -0.1) is 0 Å². The predicted octanol–water partition coefficient (Wildman–Crippen LogP) is 2.24. The fraction of sp³-hybridized carbons (Fsp3) is 0.545. The van der Waals surface area contributed by atoms with E-state index in [0.717, 1.165) is 74.0 Å². The number of nitrogens with one attached hydrogen (secondary N) is 1. The van der Waals surface area contributed by atoms with Crippen LogP contribution < -0.4 is 5.32 Å². The van der Waals surface area contributed by atoms with E-state index >= 15 is 0 Å². The zero-order chi connectivity index (χ0) is 20.2. The SMILES string of the molecule is CC(=O)N1CCc2nc(C3CCCN(C)C3)nc(NCCc3ccccn3)c2C1. The van der Waals surface area contributed by atoms with E-state index in [1.165, 1.54) is 6.42 Å². The molecule has 1 atom stereocenters. The normalized spacial score (nSPS) is 19.7. The molecule has 0 radical (unpaired) electrons. The quantitative estimate of drug-likeness (QED) is 0.838. The van der Waals surface area contributed by atoms with Gasteiger partial charge in [0.05, 0.1) is 12.2 Å². The number of fused-ring (bicyclic) bond motifs is 1. The van der Waals surface area contributed by atoms with E-state index in [1.807, 2.05) is 29.3 Å². The Morgan fingerprint density at radius 1 is 1.28 bits per heavy atom. The van der Waals surface area contributed by atoms with Gasteiger partial charge in [-0.1, -0.05) is 6.07 Å². The lowest BCUT2D eigenvalue weighted by Crippen LogP contribution is -2.36. The molecule has 7 nitrogen and oxygen atoms in total. The highest BCUT2D eigenvalue weighted by Crippen LogP contribution is 2.29. The van der Waals surface area contributed by atoms with Crippen molar-refractivity contribution in [1.29, 1.82) is 0 Å². The van der Waals surface area contributed by atoms with Crippen LogP contribution in [0.5, 0.6) is 0 Å². The van der Waals surface area contributed by atoms with Crippen molar-refractivity contribution in [3.8, 4) is 0 Å². The standard InChI is InChI=1S/C22H30N6O/c1-16(29)28-13-9-20-19(15-28)22(24-11-8-18-7-3-4-10-23-18)26-21(25-20)17-6-5-12-27(2)14-17/h3-4,7,10,17H,5-6,8-9,11-15H2,1-2H3,(H,24,25,26). The highest BCUT2D eigenvalue weighted by atomic mass is 16.2. The zero-order valence-electron chi connectivity index (χ0n) is 17.4. The number of hydrogen-bond donors (Lipinski definition) is 1. The number of hydrogen-bond acceptors (Lipinski definition) is 6. The number of likely N-dealkylation sites (tertiary alicyclic amines) is 1. The molecule has 4 rings (SSSR count). The van der Waals surface area contributed by atoms with Gasteiger partial charge in [0, 0.05) is 62.8 Å². The summed E-state index contributed by atoms with van der Waals surface area (Å²) in [5.74, 6) is 2.32. The summed E-state index contributed by atoms with van der Waals surface area (Å²) in [6.07, 6.45) is 5.77. The third-order valence-corrected chi connectivity index (χ3v) is 5.91. The van der Waals surface area contributed by atoms with Crippen LogP contribution in [0.2, 0.25) is 0 Å². The Balaban J connectivity index is 1.57. The van der Waals surface area contributed by atoms with Crippen molar-refractivity contribution >= 4 is 11.7 Å². The maximum atomic E-state index is 11.9. The van der Waals surface area contributed by atoms with Crippen molar-refractivity contribution in [3.05, 3.63) is 47.2 Å². The molecule has 2 aromatic rings. The average molecular weight is 395 g/mol. The predicted molar refractivity (Wildman–Crippen MR) is 113 cm³/mol. The minimum absolute atomic E-state index is 0.105. The van der Waals surface area contributed by atoms with Crippen molar-refractivity contribution < 1.29 is 4.79 Å². The van der Waals surface area contributed by atoms with Gasteiger partial charge in [-0.2, -0.15) is 0 Å². The molecule has 0 aromatic carbocycles. The summed E-state index contributed by atoms with van der Waals surface area (Å²) in [5.41, 5.74) is 3.23. The van der Waals surface area contributed by atoms with Crippen molar-refractivity contribution in [1.82, 2.24) is 24.8 Å². The Morgan fingerprint density at radius 3 is 2.93 bits per heavy atom. The van der Waals surface area contributed by atoms with Crippen LogP contribution in [0, 0.1) is 0 Å². The number of anilines is 1. The molecule has 0 bridgehead atoms. The van der Waals surface area contributed by atoms with Gasteiger partial charge in [-0.3, -0.25) is 9.78 Å². The molecule has 0 aliphatic carbocycles. The number of carbonyl (C=O) groups is 1. The number of nitrogens with zero attached hydrogens (tertiary/aromatic N) is 5. The van der Waals surface area contributed by atoms with E-state index in [-0.39, 0.29) is 5.91 Å². The second-order valence-electron chi connectivity index (χ2n) is 8.15. The molecule has 0 spiro atoms. The number of aromatic nitrogens is 3. The molecule has 1 fully saturated rings. The molecule has 1 amide bonds. The highest BCUT2D eigenvalue weighted by Gasteiger charge is 2.27. The van der Waals surface area contributed by atoms with Crippen LogP contribution in [0.25, 0.3) is 0 Å². The van der Waals surface area contributed by atoms with Crippen LogP contribution in [0.3, 0.4) is 0 Å². The zero-order valence-corrected chi connectivity index (χ0v) is 17.4. The lowest BCUT2D eigenvalue weighted by molar-refractivity contribution is -0.129. The third-order valence-electron chi connectivity index (χ3n) is 5.91.